The van der Waals surface area contributed by atoms with Crippen LogP contribution in [0.5, 0.6) is 0 Å². The SMILES string of the molecule is CN(Cc1cc(C#CCO)cs1)C(=O)C1CCCC1(C)C. The Labute approximate surface area is 131 Å². The van der Waals surface area contributed by atoms with E-state index in [0.717, 1.165) is 29.7 Å². The topological polar surface area (TPSA) is 40.5 Å². The minimum Gasteiger partial charge on any atom is -0.384 e. The quantitative estimate of drug-likeness (QED) is 0.872. The number of rotatable bonds is 3. The minimum absolute atomic E-state index is 0.124. The molecule has 3 nitrogen and oxygen atoms in total. The normalized spacial score (nSPS) is 19.9. The first-order chi connectivity index (χ1) is 9.94. The molecule has 4 heteroatoms. The summed E-state index contributed by atoms with van der Waals surface area (Å²) in [5.41, 5.74) is 1.03. The Balaban J connectivity index is 1.99. The molecule has 114 valence electrons. The molecule has 1 aromatic heterocycles. The van der Waals surface area contributed by atoms with E-state index in [1.54, 1.807) is 11.3 Å². The van der Waals surface area contributed by atoms with Gasteiger partial charge in [-0.25, -0.2) is 0 Å². The van der Waals surface area contributed by atoms with Gasteiger partial charge in [0.05, 0.1) is 6.54 Å². The molecule has 0 aliphatic heterocycles. The van der Waals surface area contributed by atoms with Crippen LogP contribution in [0.3, 0.4) is 0 Å². The predicted molar refractivity (Wildman–Crippen MR) is 85.9 cm³/mol. The van der Waals surface area contributed by atoms with Crippen LogP contribution in [-0.2, 0) is 11.3 Å². The summed E-state index contributed by atoms with van der Waals surface area (Å²) in [5, 5.41) is 10.7. The summed E-state index contributed by atoms with van der Waals surface area (Å²) in [6, 6.07) is 2.00. The number of aliphatic hydroxyl groups is 1. The Morgan fingerprint density at radius 3 is 2.95 bits per heavy atom. The van der Waals surface area contributed by atoms with Gasteiger partial charge in [0, 0.05) is 28.8 Å². The number of hydrogen-bond acceptors (Lipinski definition) is 3. The molecular formula is C17H23NO2S. The first-order valence-electron chi connectivity index (χ1n) is 7.36. The summed E-state index contributed by atoms with van der Waals surface area (Å²) < 4.78 is 0. The standard InChI is InChI=1S/C17H23NO2S/c1-17(2)8-4-7-15(17)16(20)18(3)11-14-10-13(12-21-14)6-5-9-19/h10,12,15,19H,4,7-9,11H2,1-3H3. The molecular weight excluding hydrogens is 282 g/mol. The van der Waals surface area contributed by atoms with Crippen molar-refractivity contribution in [1.82, 2.24) is 4.90 Å². The van der Waals surface area contributed by atoms with Gasteiger partial charge in [-0.2, -0.15) is 0 Å². The van der Waals surface area contributed by atoms with Crippen molar-refractivity contribution < 1.29 is 9.90 Å². The van der Waals surface area contributed by atoms with Crippen LogP contribution in [0.4, 0.5) is 0 Å². The largest absolute Gasteiger partial charge is 0.384 e. The highest BCUT2D eigenvalue weighted by molar-refractivity contribution is 7.10. The Morgan fingerprint density at radius 1 is 1.57 bits per heavy atom. The molecule has 1 amide bonds. The summed E-state index contributed by atoms with van der Waals surface area (Å²) in [7, 11) is 1.88. The van der Waals surface area contributed by atoms with E-state index < -0.39 is 0 Å². The maximum absolute atomic E-state index is 12.6. The van der Waals surface area contributed by atoms with Crippen LogP contribution in [0.1, 0.15) is 43.6 Å². The molecule has 0 bridgehead atoms. The second-order valence-corrected chi connectivity index (χ2v) is 7.39. The first kappa shape index (κ1) is 16.1. The summed E-state index contributed by atoms with van der Waals surface area (Å²) in [5.74, 6) is 5.94. The zero-order chi connectivity index (χ0) is 15.5. The van der Waals surface area contributed by atoms with Crippen LogP contribution >= 0.6 is 11.3 Å². The van der Waals surface area contributed by atoms with Crippen molar-refractivity contribution in [2.45, 2.75) is 39.7 Å². The molecule has 1 fully saturated rings. The van der Waals surface area contributed by atoms with Gasteiger partial charge in [-0.1, -0.05) is 32.1 Å². The van der Waals surface area contributed by atoms with Gasteiger partial charge in [0.1, 0.15) is 6.61 Å². The van der Waals surface area contributed by atoms with Crippen LogP contribution < -0.4 is 0 Å². The molecule has 21 heavy (non-hydrogen) atoms. The molecule has 1 aliphatic rings. The van der Waals surface area contributed by atoms with Gasteiger partial charge in [0.15, 0.2) is 0 Å². The molecule has 1 heterocycles. The maximum atomic E-state index is 12.6. The highest BCUT2D eigenvalue weighted by Gasteiger charge is 2.40. The lowest BCUT2D eigenvalue weighted by atomic mass is 9.81. The van der Waals surface area contributed by atoms with E-state index in [1.807, 2.05) is 23.4 Å². The van der Waals surface area contributed by atoms with E-state index in [1.165, 1.54) is 0 Å². The number of hydrogen-bond donors (Lipinski definition) is 1. The fourth-order valence-corrected chi connectivity index (χ4v) is 3.90. The van der Waals surface area contributed by atoms with E-state index in [9.17, 15) is 4.79 Å². The number of thiophene rings is 1. The van der Waals surface area contributed by atoms with E-state index >= 15 is 0 Å². The molecule has 1 unspecified atom stereocenters. The fourth-order valence-electron chi connectivity index (χ4n) is 3.03. The number of carbonyl (C=O) groups excluding carboxylic acids is 1. The van der Waals surface area contributed by atoms with Crippen LogP contribution in [0.25, 0.3) is 0 Å². The van der Waals surface area contributed by atoms with Crippen molar-refractivity contribution in [2.75, 3.05) is 13.7 Å². The number of carbonyl (C=O) groups is 1. The average Bonchev–Trinajstić information content (AvgIpc) is 3.01. The third-order valence-corrected chi connectivity index (χ3v) is 5.21. The van der Waals surface area contributed by atoms with Crippen molar-refractivity contribution in [3.63, 3.8) is 0 Å². The van der Waals surface area contributed by atoms with Gasteiger partial charge in [0.2, 0.25) is 5.91 Å². The zero-order valence-electron chi connectivity index (χ0n) is 13.0. The third kappa shape index (κ3) is 3.87. The van der Waals surface area contributed by atoms with Crippen molar-refractivity contribution in [1.29, 1.82) is 0 Å². The van der Waals surface area contributed by atoms with Crippen LogP contribution in [0.2, 0.25) is 0 Å². The third-order valence-electron chi connectivity index (χ3n) is 4.29. The lowest BCUT2D eigenvalue weighted by molar-refractivity contribution is -0.137. The Kier molecular flexibility index (Phi) is 5.08. The van der Waals surface area contributed by atoms with Crippen molar-refractivity contribution >= 4 is 17.2 Å². The predicted octanol–water partition coefficient (Wildman–Crippen LogP) is 2.88. The molecule has 1 saturated carbocycles. The van der Waals surface area contributed by atoms with Gasteiger partial charge in [-0.3, -0.25) is 4.79 Å². The highest BCUT2D eigenvalue weighted by atomic mass is 32.1. The lowest BCUT2D eigenvalue weighted by Gasteiger charge is -2.29. The lowest BCUT2D eigenvalue weighted by Crippen LogP contribution is -2.37. The number of nitrogens with zero attached hydrogens (tertiary/aromatic N) is 1. The summed E-state index contributed by atoms with van der Waals surface area (Å²) in [4.78, 5) is 15.6. The van der Waals surface area contributed by atoms with Crippen molar-refractivity contribution in [3.05, 3.63) is 21.9 Å². The number of amides is 1. The van der Waals surface area contributed by atoms with Crippen LogP contribution in [0.15, 0.2) is 11.4 Å². The molecule has 2 rings (SSSR count). The zero-order valence-corrected chi connectivity index (χ0v) is 13.8. The molecule has 0 saturated heterocycles. The Morgan fingerprint density at radius 2 is 2.33 bits per heavy atom. The van der Waals surface area contributed by atoms with Crippen LogP contribution in [0, 0.1) is 23.2 Å². The molecule has 1 aromatic rings. The Hall–Kier alpha value is -1.31. The van der Waals surface area contributed by atoms with E-state index in [0.29, 0.717) is 6.54 Å². The van der Waals surface area contributed by atoms with Gasteiger partial charge < -0.3 is 10.0 Å². The maximum Gasteiger partial charge on any atom is 0.226 e. The highest BCUT2D eigenvalue weighted by Crippen LogP contribution is 2.43. The summed E-state index contributed by atoms with van der Waals surface area (Å²) in [6.07, 6.45) is 3.29. The molecule has 1 aliphatic carbocycles. The van der Waals surface area contributed by atoms with Gasteiger partial charge in [0.25, 0.3) is 0 Å². The molecule has 1 atom stereocenters. The smallest absolute Gasteiger partial charge is 0.226 e. The molecule has 1 N–H and O–H groups in total. The van der Waals surface area contributed by atoms with E-state index in [-0.39, 0.29) is 23.8 Å². The van der Waals surface area contributed by atoms with Crippen molar-refractivity contribution in [3.8, 4) is 11.8 Å². The van der Waals surface area contributed by atoms with E-state index in [2.05, 4.69) is 25.7 Å². The minimum atomic E-state index is -0.125. The van der Waals surface area contributed by atoms with Gasteiger partial charge in [-0.05, 0) is 24.3 Å². The second-order valence-electron chi connectivity index (χ2n) is 6.39. The second kappa shape index (κ2) is 6.64. The average molecular weight is 305 g/mol. The van der Waals surface area contributed by atoms with Gasteiger partial charge >= 0.3 is 0 Å². The molecule has 0 radical (unpaired) electrons. The van der Waals surface area contributed by atoms with Gasteiger partial charge in [-0.15, -0.1) is 11.3 Å². The monoisotopic (exact) mass is 305 g/mol. The van der Waals surface area contributed by atoms with Crippen molar-refractivity contribution in [2.24, 2.45) is 11.3 Å². The first-order valence-corrected chi connectivity index (χ1v) is 8.24. The fraction of sp³-hybridized carbons (Fsp3) is 0.588. The summed E-state index contributed by atoms with van der Waals surface area (Å²) in [6.45, 7) is 4.91. The summed E-state index contributed by atoms with van der Waals surface area (Å²) >= 11 is 1.61. The molecule has 0 spiro atoms. The van der Waals surface area contributed by atoms with E-state index in [4.69, 9.17) is 5.11 Å². The molecule has 0 aromatic carbocycles. The number of aliphatic hydroxyl groups excluding tert-OH is 1. The Bertz CT molecular complexity index is 565. The van der Waals surface area contributed by atoms with Crippen LogP contribution in [-0.4, -0.2) is 29.6 Å².